The molecule has 0 radical (unpaired) electrons. The first-order chi connectivity index (χ1) is 9.04. The van der Waals surface area contributed by atoms with Crippen molar-refractivity contribution in [3.8, 4) is 0 Å². The number of nitrogens with zero attached hydrogens (tertiary/aromatic N) is 1. The minimum Gasteiger partial charge on any atom is -0.311 e. The Labute approximate surface area is 119 Å². The van der Waals surface area contributed by atoms with E-state index >= 15 is 0 Å². The van der Waals surface area contributed by atoms with Crippen LogP contribution in [0, 0.1) is 0 Å². The van der Waals surface area contributed by atoms with Gasteiger partial charge in [0.1, 0.15) is 0 Å². The van der Waals surface area contributed by atoms with Crippen LogP contribution in [-0.4, -0.2) is 17.1 Å². The lowest BCUT2D eigenvalue weighted by atomic mass is 9.93. The third-order valence-electron chi connectivity index (χ3n) is 3.09. The number of rotatable bonds is 5. The van der Waals surface area contributed by atoms with Crippen LogP contribution in [-0.2, 0) is 6.42 Å². The van der Waals surface area contributed by atoms with Crippen molar-refractivity contribution in [1.29, 1.82) is 0 Å². The van der Waals surface area contributed by atoms with E-state index in [1.54, 1.807) is 11.3 Å². The highest BCUT2D eigenvalue weighted by molar-refractivity contribution is 7.07. The maximum atomic E-state index is 4.42. The second-order valence-corrected chi connectivity index (χ2v) is 6.64. The SMILES string of the molecule is CC(C)(C)NCC(Cc1cscn1)c1ccccc1. The van der Waals surface area contributed by atoms with E-state index < -0.39 is 0 Å². The monoisotopic (exact) mass is 274 g/mol. The maximum absolute atomic E-state index is 4.42. The second kappa shape index (κ2) is 6.31. The van der Waals surface area contributed by atoms with E-state index in [1.165, 1.54) is 11.3 Å². The van der Waals surface area contributed by atoms with Gasteiger partial charge >= 0.3 is 0 Å². The Bertz CT molecular complexity index is 471. The molecule has 0 amide bonds. The Balaban J connectivity index is 2.09. The number of nitrogens with one attached hydrogen (secondary N) is 1. The van der Waals surface area contributed by atoms with Gasteiger partial charge in [0.25, 0.3) is 0 Å². The van der Waals surface area contributed by atoms with Gasteiger partial charge in [0.2, 0.25) is 0 Å². The topological polar surface area (TPSA) is 24.9 Å². The molecular formula is C16H22N2S. The van der Waals surface area contributed by atoms with Gasteiger partial charge in [-0.3, -0.25) is 0 Å². The van der Waals surface area contributed by atoms with E-state index in [0.29, 0.717) is 5.92 Å². The summed E-state index contributed by atoms with van der Waals surface area (Å²) in [4.78, 5) is 4.42. The fourth-order valence-corrected chi connectivity index (χ4v) is 2.62. The van der Waals surface area contributed by atoms with Crippen molar-refractivity contribution in [1.82, 2.24) is 10.3 Å². The van der Waals surface area contributed by atoms with Crippen molar-refractivity contribution in [3.05, 3.63) is 52.5 Å². The van der Waals surface area contributed by atoms with Gasteiger partial charge in [-0.2, -0.15) is 0 Å². The second-order valence-electron chi connectivity index (χ2n) is 5.92. The predicted octanol–water partition coefficient (Wildman–Crippen LogP) is 3.86. The quantitative estimate of drug-likeness (QED) is 0.895. The van der Waals surface area contributed by atoms with Crippen molar-refractivity contribution < 1.29 is 0 Å². The summed E-state index contributed by atoms with van der Waals surface area (Å²) in [6.45, 7) is 7.60. The molecular weight excluding hydrogens is 252 g/mol. The highest BCUT2D eigenvalue weighted by Gasteiger charge is 2.17. The average Bonchev–Trinajstić information content (AvgIpc) is 2.87. The van der Waals surface area contributed by atoms with Crippen LogP contribution in [0.2, 0.25) is 0 Å². The van der Waals surface area contributed by atoms with E-state index in [9.17, 15) is 0 Å². The van der Waals surface area contributed by atoms with Gasteiger partial charge in [0, 0.05) is 23.4 Å². The molecule has 2 aromatic rings. The Hall–Kier alpha value is -1.19. The van der Waals surface area contributed by atoms with Crippen LogP contribution in [0.25, 0.3) is 0 Å². The van der Waals surface area contributed by atoms with Gasteiger partial charge in [0.15, 0.2) is 0 Å². The van der Waals surface area contributed by atoms with Gasteiger partial charge in [-0.15, -0.1) is 11.3 Å². The molecule has 1 unspecified atom stereocenters. The van der Waals surface area contributed by atoms with Crippen LogP contribution >= 0.6 is 11.3 Å². The summed E-state index contributed by atoms with van der Waals surface area (Å²) >= 11 is 1.67. The Morgan fingerprint density at radius 1 is 1.21 bits per heavy atom. The van der Waals surface area contributed by atoms with Crippen LogP contribution in [0.3, 0.4) is 0 Å². The molecule has 1 aromatic carbocycles. The Morgan fingerprint density at radius 2 is 1.95 bits per heavy atom. The van der Waals surface area contributed by atoms with E-state index in [4.69, 9.17) is 0 Å². The lowest BCUT2D eigenvalue weighted by Crippen LogP contribution is -2.39. The zero-order valence-corrected chi connectivity index (χ0v) is 12.7. The highest BCUT2D eigenvalue weighted by Crippen LogP contribution is 2.21. The first-order valence-corrected chi connectivity index (χ1v) is 7.66. The van der Waals surface area contributed by atoms with Crippen molar-refractivity contribution >= 4 is 11.3 Å². The highest BCUT2D eigenvalue weighted by atomic mass is 32.1. The third kappa shape index (κ3) is 4.77. The van der Waals surface area contributed by atoms with E-state index in [-0.39, 0.29) is 5.54 Å². The number of hydrogen-bond acceptors (Lipinski definition) is 3. The normalized spacial score (nSPS) is 13.4. The summed E-state index contributed by atoms with van der Waals surface area (Å²) in [5.41, 5.74) is 4.63. The molecule has 3 heteroatoms. The third-order valence-corrected chi connectivity index (χ3v) is 3.72. The maximum Gasteiger partial charge on any atom is 0.0794 e. The van der Waals surface area contributed by atoms with Gasteiger partial charge in [-0.05, 0) is 32.8 Å². The molecule has 0 aliphatic heterocycles. The smallest absolute Gasteiger partial charge is 0.0794 e. The first kappa shape index (κ1) is 14.2. The molecule has 1 aromatic heterocycles. The summed E-state index contributed by atoms with van der Waals surface area (Å²) in [5.74, 6) is 0.475. The fraction of sp³-hybridized carbons (Fsp3) is 0.438. The van der Waals surface area contributed by atoms with Crippen LogP contribution in [0.4, 0.5) is 0 Å². The van der Waals surface area contributed by atoms with Gasteiger partial charge in [0.05, 0.1) is 11.2 Å². The van der Waals surface area contributed by atoms with Gasteiger partial charge in [-0.1, -0.05) is 30.3 Å². The molecule has 1 atom stereocenters. The summed E-state index contributed by atoms with van der Waals surface area (Å²) in [5, 5.41) is 5.75. The number of benzene rings is 1. The standard InChI is InChI=1S/C16H22N2S/c1-16(2,3)18-10-14(9-15-11-19-12-17-15)13-7-5-4-6-8-13/h4-8,11-12,14,18H,9-10H2,1-3H3. The van der Waals surface area contributed by atoms with Crippen molar-refractivity contribution in [2.24, 2.45) is 0 Å². The molecule has 2 nitrogen and oxygen atoms in total. The molecule has 0 saturated carbocycles. The van der Waals surface area contributed by atoms with E-state index in [1.807, 2.05) is 5.51 Å². The largest absolute Gasteiger partial charge is 0.311 e. The van der Waals surface area contributed by atoms with Gasteiger partial charge in [-0.25, -0.2) is 4.98 Å². The van der Waals surface area contributed by atoms with Crippen LogP contribution in [0.15, 0.2) is 41.2 Å². The molecule has 19 heavy (non-hydrogen) atoms. The van der Waals surface area contributed by atoms with Crippen molar-refractivity contribution in [2.45, 2.75) is 38.6 Å². The summed E-state index contributed by atoms with van der Waals surface area (Å²) < 4.78 is 0. The van der Waals surface area contributed by atoms with Crippen molar-refractivity contribution in [3.63, 3.8) is 0 Å². The Kier molecular flexibility index (Phi) is 4.72. The number of aromatic nitrogens is 1. The van der Waals surface area contributed by atoms with Gasteiger partial charge < -0.3 is 5.32 Å². The van der Waals surface area contributed by atoms with E-state index in [0.717, 1.165) is 13.0 Å². The van der Waals surface area contributed by atoms with Crippen LogP contribution in [0.1, 0.15) is 37.9 Å². The number of thiazole rings is 1. The number of hydrogen-bond donors (Lipinski definition) is 1. The lowest BCUT2D eigenvalue weighted by molar-refractivity contribution is 0.404. The molecule has 0 bridgehead atoms. The molecule has 0 spiro atoms. The van der Waals surface area contributed by atoms with E-state index in [2.05, 4.69) is 66.8 Å². The molecule has 0 saturated heterocycles. The fourth-order valence-electron chi connectivity index (χ4n) is 2.05. The van der Waals surface area contributed by atoms with Crippen LogP contribution in [0.5, 0.6) is 0 Å². The minimum absolute atomic E-state index is 0.148. The molecule has 1 heterocycles. The first-order valence-electron chi connectivity index (χ1n) is 6.71. The average molecular weight is 274 g/mol. The predicted molar refractivity (Wildman–Crippen MR) is 82.8 cm³/mol. The summed E-state index contributed by atoms with van der Waals surface area (Å²) in [7, 11) is 0. The molecule has 0 aliphatic carbocycles. The van der Waals surface area contributed by atoms with Crippen molar-refractivity contribution in [2.75, 3.05) is 6.54 Å². The zero-order chi connectivity index (χ0) is 13.7. The molecule has 2 rings (SSSR count). The lowest BCUT2D eigenvalue weighted by Gasteiger charge is -2.25. The summed E-state index contributed by atoms with van der Waals surface area (Å²) in [6, 6.07) is 10.7. The Morgan fingerprint density at radius 3 is 2.53 bits per heavy atom. The summed E-state index contributed by atoms with van der Waals surface area (Å²) in [6.07, 6.45) is 0.997. The molecule has 102 valence electrons. The zero-order valence-electron chi connectivity index (χ0n) is 11.9. The molecule has 0 aliphatic rings. The molecule has 0 fully saturated rings. The molecule has 1 N–H and O–H groups in total. The van der Waals surface area contributed by atoms with Crippen LogP contribution < -0.4 is 5.32 Å². The minimum atomic E-state index is 0.148.